The molecule has 0 saturated heterocycles. The quantitative estimate of drug-likeness (QED) is 0.678. The highest BCUT2D eigenvalue weighted by Gasteiger charge is 2.59. The van der Waals surface area contributed by atoms with Crippen molar-refractivity contribution in [2.45, 2.75) is 58.3 Å². The van der Waals surface area contributed by atoms with Gasteiger partial charge in [0, 0.05) is 5.41 Å². The topological polar surface area (TPSA) is 17.1 Å². The molecule has 4 saturated carbocycles. The van der Waals surface area contributed by atoms with Crippen LogP contribution in [0.2, 0.25) is 0 Å². The van der Waals surface area contributed by atoms with Crippen LogP contribution < -0.4 is 0 Å². The molecule has 2 atom stereocenters. The Bertz CT molecular complexity index is 309. The van der Waals surface area contributed by atoms with Gasteiger partial charge < -0.3 is 0 Å². The number of halogens is 1. The lowest BCUT2D eigenvalue weighted by molar-refractivity contribution is -0.148. The maximum Gasteiger partial charge on any atom is 0.227 e. The lowest BCUT2D eigenvalue weighted by Gasteiger charge is -2.61. The molecule has 4 fully saturated rings. The third-order valence-electron chi connectivity index (χ3n) is 5.38. The van der Waals surface area contributed by atoms with Gasteiger partial charge in [0.1, 0.15) is 0 Å². The SMILES string of the molecule is CCCC12CC3CC(C1)CC(C(=O)Cl)(C3)C2. The number of rotatable bonds is 3. The number of hydrogen-bond acceptors (Lipinski definition) is 1. The van der Waals surface area contributed by atoms with Gasteiger partial charge in [-0.3, -0.25) is 4.79 Å². The molecule has 0 heterocycles. The molecule has 90 valence electrons. The van der Waals surface area contributed by atoms with E-state index in [-0.39, 0.29) is 10.7 Å². The van der Waals surface area contributed by atoms with Gasteiger partial charge in [-0.25, -0.2) is 0 Å². The Balaban J connectivity index is 1.93. The number of carbonyl (C=O) groups is 1. The van der Waals surface area contributed by atoms with Crippen molar-refractivity contribution in [3.05, 3.63) is 0 Å². The summed E-state index contributed by atoms with van der Waals surface area (Å²) in [6, 6.07) is 0. The normalized spacial score (nSPS) is 49.6. The fraction of sp³-hybridized carbons (Fsp3) is 0.929. The molecule has 0 aromatic heterocycles. The monoisotopic (exact) mass is 240 g/mol. The van der Waals surface area contributed by atoms with Crippen LogP contribution in [0.15, 0.2) is 0 Å². The second-order valence-corrected chi connectivity index (χ2v) is 7.11. The van der Waals surface area contributed by atoms with Crippen LogP contribution in [0.25, 0.3) is 0 Å². The fourth-order valence-corrected chi connectivity index (χ4v) is 5.73. The summed E-state index contributed by atoms with van der Waals surface area (Å²) < 4.78 is 0. The van der Waals surface area contributed by atoms with Crippen molar-refractivity contribution >= 4 is 16.8 Å². The molecule has 4 bridgehead atoms. The maximum atomic E-state index is 11.8. The number of hydrogen-bond donors (Lipinski definition) is 0. The first-order valence-corrected chi connectivity index (χ1v) is 7.15. The molecule has 1 nitrogen and oxygen atoms in total. The van der Waals surface area contributed by atoms with E-state index in [9.17, 15) is 4.79 Å². The molecular formula is C14H21ClO. The smallest absolute Gasteiger partial charge is 0.227 e. The molecule has 0 aliphatic heterocycles. The third-order valence-corrected chi connectivity index (χ3v) is 5.78. The van der Waals surface area contributed by atoms with Crippen molar-refractivity contribution in [3.63, 3.8) is 0 Å². The van der Waals surface area contributed by atoms with Gasteiger partial charge >= 0.3 is 0 Å². The van der Waals surface area contributed by atoms with Crippen molar-refractivity contribution in [1.82, 2.24) is 0 Å². The Labute approximate surface area is 103 Å². The van der Waals surface area contributed by atoms with Gasteiger partial charge in [0.2, 0.25) is 5.24 Å². The van der Waals surface area contributed by atoms with Crippen molar-refractivity contribution < 1.29 is 4.79 Å². The minimum Gasteiger partial charge on any atom is -0.281 e. The van der Waals surface area contributed by atoms with Crippen molar-refractivity contribution in [1.29, 1.82) is 0 Å². The molecule has 0 aromatic rings. The van der Waals surface area contributed by atoms with E-state index in [1.165, 1.54) is 32.1 Å². The minimum atomic E-state index is -0.110. The van der Waals surface area contributed by atoms with Gasteiger partial charge in [-0.2, -0.15) is 0 Å². The predicted octanol–water partition coefficient (Wildman–Crippen LogP) is 4.14. The minimum absolute atomic E-state index is 0.0259. The van der Waals surface area contributed by atoms with Crippen LogP contribution in [0.3, 0.4) is 0 Å². The first kappa shape index (κ1) is 11.1. The Morgan fingerprint density at radius 2 is 1.88 bits per heavy atom. The predicted molar refractivity (Wildman–Crippen MR) is 65.3 cm³/mol. The van der Waals surface area contributed by atoms with E-state index in [0.717, 1.165) is 31.1 Å². The van der Waals surface area contributed by atoms with Crippen LogP contribution in [0, 0.1) is 22.7 Å². The van der Waals surface area contributed by atoms with E-state index in [1.807, 2.05) is 0 Å². The molecule has 4 aliphatic rings. The van der Waals surface area contributed by atoms with E-state index < -0.39 is 0 Å². The third kappa shape index (κ3) is 1.47. The molecule has 0 spiro atoms. The summed E-state index contributed by atoms with van der Waals surface area (Å²) in [5, 5.41) is -0.0259. The average molecular weight is 241 g/mol. The van der Waals surface area contributed by atoms with Crippen LogP contribution in [0.1, 0.15) is 58.3 Å². The molecule has 2 unspecified atom stereocenters. The zero-order valence-corrected chi connectivity index (χ0v) is 10.9. The van der Waals surface area contributed by atoms with Crippen LogP contribution in [-0.2, 0) is 4.79 Å². The first-order chi connectivity index (χ1) is 7.57. The largest absolute Gasteiger partial charge is 0.281 e. The highest BCUT2D eigenvalue weighted by Crippen LogP contribution is 2.67. The summed E-state index contributed by atoms with van der Waals surface area (Å²) in [6.07, 6.45) is 9.99. The van der Waals surface area contributed by atoms with Crippen molar-refractivity contribution in [3.8, 4) is 0 Å². The molecule has 16 heavy (non-hydrogen) atoms. The van der Waals surface area contributed by atoms with E-state index in [4.69, 9.17) is 11.6 Å². The molecule has 0 aromatic carbocycles. The van der Waals surface area contributed by atoms with E-state index in [2.05, 4.69) is 6.92 Å². The van der Waals surface area contributed by atoms with Gasteiger partial charge in [-0.1, -0.05) is 13.3 Å². The maximum absolute atomic E-state index is 11.8. The summed E-state index contributed by atoms with van der Waals surface area (Å²) in [6.45, 7) is 2.27. The van der Waals surface area contributed by atoms with Gasteiger partial charge in [0.15, 0.2) is 0 Å². The molecule has 0 radical (unpaired) electrons. The lowest BCUT2D eigenvalue weighted by atomic mass is 9.44. The van der Waals surface area contributed by atoms with Crippen LogP contribution in [0.5, 0.6) is 0 Å². The molecule has 0 amide bonds. The van der Waals surface area contributed by atoms with E-state index >= 15 is 0 Å². The number of carbonyl (C=O) groups excluding carboxylic acids is 1. The molecule has 4 aliphatic carbocycles. The van der Waals surface area contributed by atoms with Gasteiger partial charge in [0.05, 0.1) is 0 Å². The van der Waals surface area contributed by atoms with E-state index in [1.54, 1.807) is 0 Å². The second kappa shape index (κ2) is 3.48. The van der Waals surface area contributed by atoms with Crippen molar-refractivity contribution in [2.24, 2.45) is 22.7 Å². The summed E-state index contributed by atoms with van der Waals surface area (Å²) in [7, 11) is 0. The Morgan fingerprint density at radius 3 is 2.38 bits per heavy atom. The van der Waals surface area contributed by atoms with Crippen molar-refractivity contribution in [2.75, 3.05) is 0 Å². The summed E-state index contributed by atoms with van der Waals surface area (Å²) in [4.78, 5) is 11.8. The second-order valence-electron chi connectivity index (χ2n) is 6.77. The average Bonchev–Trinajstić information content (AvgIpc) is 2.14. The Hall–Kier alpha value is -0.0400. The standard InChI is InChI=1S/C14H21ClO/c1-2-3-13-5-10-4-11(6-13)8-14(7-10,9-13)12(15)16/h10-11H,2-9H2,1H3. The zero-order chi connectivity index (χ0) is 11.4. The van der Waals surface area contributed by atoms with Gasteiger partial charge in [0.25, 0.3) is 0 Å². The summed E-state index contributed by atoms with van der Waals surface area (Å²) in [5.41, 5.74) is 0.379. The fourth-order valence-electron chi connectivity index (χ4n) is 5.50. The Morgan fingerprint density at radius 1 is 1.25 bits per heavy atom. The van der Waals surface area contributed by atoms with Gasteiger partial charge in [-0.15, -0.1) is 0 Å². The zero-order valence-electron chi connectivity index (χ0n) is 10.1. The first-order valence-electron chi connectivity index (χ1n) is 6.77. The molecule has 2 heteroatoms. The molecular weight excluding hydrogens is 220 g/mol. The lowest BCUT2D eigenvalue weighted by Crippen LogP contribution is -2.54. The van der Waals surface area contributed by atoms with Crippen LogP contribution in [0.4, 0.5) is 0 Å². The Kier molecular flexibility index (Phi) is 2.41. The summed E-state index contributed by atoms with van der Waals surface area (Å²) in [5.74, 6) is 1.60. The molecule has 4 rings (SSSR count). The van der Waals surface area contributed by atoms with Crippen LogP contribution in [-0.4, -0.2) is 5.24 Å². The van der Waals surface area contributed by atoms with E-state index in [0.29, 0.717) is 5.41 Å². The highest BCUT2D eigenvalue weighted by atomic mass is 35.5. The van der Waals surface area contributed by atoms with Crippen LogP contribution >= 0.6 is 11.6 Å². The summed E-state index contributed by atoms with van der Waals surface area (Å²) >= 11 is 5.92. The van der Waals surface area contributed by atoms with Gasteiger partial charge in [-0.05, 0) is 73.8 Å². The highest BCUT2D eigenvalue weighted by molar-refractivity contribution is 6.64. The molecule has 0 N–H and O–H groups in total.